The van der Waals surface area contributed by atoms with Crippen molar-refractivity contribution >= 4 is 37.9 Å². The highest BCUT2D eigenvalue weighted by atomic mass is 79.9. The number of amides is 2. The van der Waals surface area contributed by atoms with Crippen molar-refractivity contribution in [1.29, 1.82) is 0 Å². The van der Waals surface area contributed by atoms with Crippen molar-refractivity contribution in [2.75, 3.05) is 6.54 Å². The first-order valence-electron chi connectivity index (χ1n) is 4.30. The zero-order chi connectivity index (χ0) is 11.0. The number of aromatic hydroxyl groups is 1. The largest absolute Gasteiger partial charge is 0.506 e. The Morgan fingerprint density at radius 3 is 2.73 bits per heavy atom. The van der Waals surface area contributed by atoms with Gasteiger partial charge in [0.1, 0.15) is 5.75 Å². The fraction of sp³-hybridized carbons (Fsp3) is 0.222. The van der Waals surface area contributed by atoms with Crippen LogP contribution in [0.25, 0.3) is 0 Å². The maximum atomic E-state index is 11.0. The molecule has 0 unspecified atom stereocenters. The van der Waals surface area contributed by atoms with E-state index in [2.05, 4.69) is 42.5 Å². The number of phenols is 1. The Morgan fingerprint density at radius 2 is 2.13 bits per heavy atom. The molecule has 2 amide bonds. The Balaban J connectivity index is 2.39. The first-order valence-corrected chi connectivity index (χ1v) is 5.89. The van der Waals surface area contributed by atoms with Gasteiger partial charge < -0.3 is 15.7 Å². The molecule has 1 atom stereocenters. The van der Waals surface area contributed by atoms with Crippen LogP contribution in [0, 0.1) is 0 Å². The van der Waals surface area contributed by atoms with Gasteiger partial charge in [0.05, 0.1) is 10.5 Å². The molecule has 0 aliphatic carbocycles. The zero-order valence-electron chi connectivity index (χ0n) is 7.55. The van der Waals surface area contributed by atoms with Gasteiger partial charge in [-0.3, -0.25) is 0 Å². The maximum absolute atomic E-state index is 11.0. The third kappa shape index (κ3) is 2.10. The molecular formula is C9H8Br2N2O2. The summed E-state index contributed by atoms with van der Waals surface area (Å²) in [5.41, 5.74) is 0.689. The van der Waals surface area contributed by atoms with E-state index in [1.165, 1.54) is 0 Å². The van der Waals surface area contributed by atoms with E-state index in [-0.39, 0.29) is 17.8 Å². The molecule has 3 N–H and O–H groups in total. The minimum Gasteiger partial charge on any atom is -0.506 e. The Hall–Kier alpha value is -0.750. The minimum absolute atomic E-state index is 0.159. The number of hydrogen-bond acceptors (Lipinski definition) is 2. The van der Waals surface area contributed by atoms with Gasteiger partial charge in [0.25, 0.3) is 0 Å². The molecule has 0 bridgehead atoms. The van der Waals surface area contributed by atoms with E-state index in [0.29, 0.717) is 16.6 Å². The van der Waals surface area contributed by atoms with Crippen molar-refractivity contribution in [1.82, 2.24) is 10.6 Å². The van der Waals surface area contributed by atoms with Gasteiger partial charge >= 0.3 is 6.03 Å². The lowest BCUT2D eigenvalue weighted by Crippen LogP contribution is -2.21. The van der Waals surface area contributed by atoms with Gasteiger partial charge in [-0.1, -0.05) is 15.9 Å². The van der Waals surface area contributed by atoms with Gasteiger partial charge in [-0.25, -0.2) is 4.79 Å². The topological polar surface area (TPSA) is 61.4 Å². The first kappa shape index (κ1) is 10.8. The average molecular weight is 336 g/mol. The van der Waals surface area contributed by atoms with E-state index < -0.39 is 0 Å². The van der Waals surface area contributed by atoms with Crippen LogP contribution in [0.15, 0.2) is 21.1 Å². The van der Waals surface area contributed by atoms with Crippen LogP contribution in [0.1, 0.15) is 11.6 Å². The number of urea groups is 1. The number of halogens is 2. The van der Waals surface area contributed by atoms with Crippen LogP contribution in [-0.4, -0.2) is 17.7 Å². The molecule has 1 saturated heterocycles. The number of nitrogens with one attached hydrogen (secondary N) is 2. The van der Waals surface area contributed by atoms with Gasteiger partial charge in [0.15, 0.2) is 0 Å². The molecule has 2 rings (SSSR count). The predicted octanol–water partition coefficient (Wildman–Crippen LogP) is 2.27. The summed E-state index contributed by atoms with van der Waals surface area (Å²) < 4.78 is 1.45. The number of carbonyl (C=O) groups excluding carboxylic acids is 1. The van der Waals surface area contributed by atoms with Crippen LogP contribution in [-0.2, 0) is 0 Å². The summed E-state index contributed by atoms with van der Waals surface area (Å²) in [6, 6.07) is 3.14. The van der Waals surface area contributed by atoms with E-state index >= 15 is 0 Å². The zero-order valence-corrected chi connectivity index (χ0v) is 10.7. The van der Waals surface area contributed by atoms with E-state index in [1.54, 1.807) is 12.1 Å². The Bertz CT molecular complexity index is 423. The quantitative estimate of drug-likeness (QED) is 0.737. The summed E-state index contributed by atoms with van der Waals surface area (Å²) in [6.07, 6.45) is 0. The summed E-state index contributed by atoms with van der Waals surface area (Å²) >= 11 is 6.58. The molecule has 4 nitrogen and oxygen atoms in total. The lowest BCUT2D eigenvalue weighted by atomic mass is 10.1. The minimum atomic E-state index is -0.213. The highest BCUT2D eigenvalue weighted by Crippen LogP contribution is 2.35. The second-order valence-electron chi connectivity index (χ2n) is 3.23. The number of carbonyl (C=O) groups is 1. The SMILES string of the molecule is O=C1NC[C@H](c2cc(Br)cc(Br)c2O)N1. The van der Waals surface area contributed by atoms with Crippen LogP contribution in [0.4, 0.5) is 4.79 Å². The summed E-state index contributed by atoms with van der Waals surface area (Å²) in [5.74, 6) is 0.159. The molecule has 6 heteroatoms. The van der Waals surface area contributed by atoms with E-state index in [0.717, 1.165) is 4.47 Å². The third-order valence-electron chi connectivity index (χ3n) is 2.21. The Morgan fingerprint density at radius 1 is 1.40 bits per heavy atom. The molecule has 0 spiro atoms. The Kier molecular flexibility index (Phi) is 2.88. The second-order valence-corrected chi connectivity index (χ2v) is 5.00. The molecule has 0 radical (unpaired) electrons. The second kappa shape index (κ2) is 4.02. The number of rotatable bonds is 1. The third-order valence-corrected chi connectivity index (χ3v) is 3.27. The lowest BCUT2D eigenvalue weighted by molar-refractivity contribution is 0.247. The van der Waals surface area contributed by atoms with E-state index in [4.69, 9.17) is 0 Å². The summed E-state index contributed by atoms with van der Waals surface area (Å²) in [4.78, 5) is 11.0. The highest BCUT2D eigenvalue weighted by Gasteiger charge is 2.25. The van der Waals surface area contributed by atoms with Crippen molar-refractivity contribution in [2.45, 2.75) is 6.04 Å². The van der Waals surface area contributed by atoms with Crippen LogP contribution in [0.2, 0.25) is 0 Å². The van der Waals surface area contributed by atoms with Crippen molar-refractivity contribution < 1.29 is 9.90 Å². The van der Waals surface area contributed by atoms with Crippen LogP contribution in [0.5, 0.6) is 5.75 Å². The fourth-order valence-corrected chi connectivity index (χ4v) is 2.75. The summed E-state index contributed by atoms with van der Waals surface area (Å²) in [7, 11) is 0. The molecular weight excluding hydrogens is 328 g/mol. The number of benzene rings is 1. The predicted molar refractivity (Wildman–Crippen MR) is 62.8 cm³/mol. The standard InChI is InChI=1S/C9H8Br2N2O2/c10-4-1-5(8(14)6(11)2-4)7-3-12-9(15)13-7/h1-2,7,14H,3H2,(H2,12,13,15)/t7-/m1/s1. The number of phenolic OH excluding ortho intramolecular Hbond substituents is 1. The smallest absolute Gasteiger partial charge is 0.315 e. The van der Waals surface area contributed by atoms with E-state index in [9.17, 15) is 9.90 Å². The maximum Gasteiger partial charge on any atom is 0.315 e. The van der Waals surface area contributed by atoms with Gasteiger partial charge in [-0.2, -0.15) is 0 Å². The highest BCUT2D eigenvalue weighted by molar-refractivity contribution is 9.11. The Labute approximate surface area is 103 Å². The molecule has 80 valence electrons. The van der Waals surface area contributed by atoms with Crippen LogP contribution >= 0.6 is 31.9 Å². The van der Waals surface area contributed by atoms with E-state index in [1.807, 2.05) is 0 Å². The van der Waals surface area contributed by atoms with Gasteiger partial charge in [-0.15, -0.1) is 0 Å². The molecule has 1 fully saturated rings. The normalized spacial score (nSPS) is 19.9. The van der Waals surface area contributed by atoms with Crippen molar-refractivity contribution in [3.63, 3.8) is 0 Å². The van der Waals surface area contributed by atoms with Crippen LogP contribution in [0.3, 0.4) is 0 Å². The summed E-state index contributed by atoms with van der Waals surface area (Å²) in [6.45, 7) is 0.481. The van der Waals surface area contributed by atoms with Gasteiger partial charge in [-0.05, 0) is 28.1 Å². The monoisotopic (exact) mass is 334 g/mol. The van der Waals surface area contributed by atoms with Crippen LogP contribution < -0.4 is 10.6 Å². The molecule has 1 heterocycles. The number of hydrogen-bond donors (Lipinski definition) is 3. The molecule has 1 aromatic rings. The molecule has 1 aliphatic heterocycles. The fourth-order valence-electron chi connectivity index (χ4n) is 1.49. The average Bonchev–Trinajstić information content (AvgIpc) is 2.58. The molecule has 1 aliphatic rings. The molecule has 0 aromatic heterocycles. The lowest BCUT2D eigenvalue weighted by Gasteiger charge is -2.12. The van der Waals surface area contributed by atoms with Crippen molar-refractivity contribution in [3.8, 4) is 5.75 Å². The molecule has 0 saturated carbocycles. The first-order chi connectivity index (χ1) is 7.08. The summed E-state index contributed by atoms with van der Waals surface area (Å²) in [5, 5.41) is 15.2. The molecule has 15 heavy (non-hydrogen) atoms. The van der Waals surface area contributed by atoms with Gasteiger partial charge in [0, 0.05) is 16.6 Å². The van der Waals surface area contributed by atoms with Crippen molar-refractivity contribution in [2.24, 2.45) is 0 Å². The van der Waals surface area contributed by atoms with Gasteiger partial charge in [0.2, 0.25) is 0 Å². The van der Waals surface area contributed by atoms with Crippen molar-refractivity contribution in [3.05, 3.63) is 26.6 Å². The molecule has 1 aromatic carbocycles.